The summed E-state index contributed by atoms with van der Waals surface area (Å²) in [5.74, 6) is -0.454. The van der Waals surface area contributed by atoms with Crippen LogP contribution in [0, 0.1) is 13.8 Å². The van der Waals surface area contributed by atoms with Crippen LogP contribution in [0.25, 0.3) is 0 Å². The van der Waals surface area contributed by atoms with Gasteiger partial charge in [0.1, 0.15) is 6.04 Å². The van der Waals surface area contributed by atoms with E-state index in [4.69, 9.17) is 11.6 Å². The summed E-state index contributed by atoms with van der Waals surface area (Å²) in [5, 5.41) is 3.51. The number of anilines is 1. The van der Waals surface area contributed by atoms with Crippen molar-refractivity contribution in [2.75, 3.05) is 23.7 Å². The number of sulfonamides is 1. The maximum atomic E-state index is 13.9. The lowest BCUT2D eigenvalue weighted by atomic mass is 10.0. The van der Waals surface area contributed by atoms with Crippen molar-refractivity contribution in [2.45, 2.75) is 59.0 Å². The van der Waals surface area contributed by atoms with Crippen LogP contribution >= 0.6 is 11.6 Å². The first-order valence-electron chi connectivity index (χ1n) is 13.9. The van der Waals surface area contributed by atoms with Crippen LogP contribution in [-0.2, 0) is 32.6 Å². The first-order valence-corrected chi connectivity index (χ1v) is 16.1. The molecule has 3 aromatic rings. The molecule has 0 saturated heterocycles. The minimum absolute atomic E-state index is 0.0732. The first kappa shape index (κ1) is 32.2. The van der Waals surface area contributed by atoms with Crippen LogP contribution < -0.4 is 9.62 Å². The molecule has 9 heteroatoms. The number of carbonyl (C=O) groups is 2. The van der Waals surface area contributed by atoms with Crippen molar-refractivity contribution in [2.24, 2.45) is 0 Å². The van der Waals surface area contributed by atoms with Crippen LogP contribution in [-0.4, -0.2) is 50.5 Å². The third kappa shape index (κ3) is 9.61. The molecule has 1 atom stereocenters. The van der Waals surface area contributed by atoms with E-state index in [1.54, 1.807) is 23.1 Å². The Morgan fingerprint density at radius 2 is 1.63 bits per heavy atom. The number of nitrogens with one attached hydrogen (secondary N) is 1. The lowest BCUT2D eigenvalue weighted by Gasteiger charge is -2.32. The normalized spacial score (nSPS) is 12.0. The fourth-order valence-electron chi connectivity index (χ4n) is 4.64. The van der Waals surface area contributed by atoms with Gasteiger partial charge >= 0.3 is 0 Å². The van der Waals surface area contributed by atoms with Gasteiger partial charge < -0.3 is 10.2 Å². The third-order valence-corrected chi connectivity index (χ3v) is 8.42. The van der Waals surface area contributed by atoms with E-state index in [0.29, 0.717) is 30.1 Å². The molecule has 0 fully saturated rings. The SMILES string of the molecule is CCCNC(=O)[C@H](Cc1ccccc1)N(Cc1cccc(Cl)c1)C(=O)CCCN(c1ccc(C)c(C)c1)S(C)(=O)=O. The van der Waals surface area contributed by atoms with Gasteiger partial charge in [0.25, 0.3) is 0 Å². The standard InChI is InChI=1S/C32H40ClN3O4S/c1-5-18-34-32(38)30(22-26-11-7-6-8-12-26)35(23-27-13-9-14-28(33)21-27)31(37)15-10-19-36(41(4,39)40)29-17-16-24(2)25(3)20-29/h6-9,11-14,16-17,20-21,30H,5,10,15,18-19,22-23H2,1-4H3,(H,34,38)/t30-/m0/s1. The summed E-state index contributed by atoms with van der Waals surface area (Å²) in [6, 6.07) is 21.6. The number of halogens is 1. The van der Waals surface area contributed by atoms with Gasteiger partial charge in [-0.05, 0) is 73.2 Å². The molecule has 0 aromatic heterocycles. The molecule has 3 rings (SSSR count). The average Bonchev–Trinajstić information content (AvgIpc) is 2.93. The van der Waals surface area contributed by atoms with E-state index in [-0.39, 0.29) is 31.3 Å². The monoisotopic (exact) mass is 597 g/mol. The van der Waals surface area contributed by atoms with E-state index in [9.17, 15) is 18.0 Å². The van der Waals surface area contributed by atoms with Gasteiger partial charge in [0.05, 0.1) is 11.9 Å². The van der Waals surface area contributed by atoms with E-state index < -0.39 is 16.1 Å². The molecular formula is C32H40ClN3O4S. The molecule has 0 heterocycles. The smallest absolute Gasteiger partial charge is 0.243 e. The maximum Gasteiger partial charge on any atom is 0.243 e. The minimum Gasteiger partial charge on any atom is -0.354 e. The Kier molecular flexibility index (Phi) is 11.8. The Balaban J connectivity index is 1.88. The van der Waals surface area contributed by atoms with Crippen LogP contribution in [0.3, 0.4) is 0 Å². The van der Waals surface area contributed by atoms with Crippen molar-refractivity contribution in [3.63, 3.8) is 0 Å². The molecule has 0 bridgehead atoms. The highest BCUT2D eigenvalue weighted by molar-refractivity contribution is 7.92. The zero-order valence-electron chi connectivity index (χ0n) is 24.3. The number of aryl methyl sites for hydroxylation is 2. The van der Waals surface area contributed by atoms with Gasteiger partial charge in [-0.2, -0.15) is 0 Å². The van der Waals surface area contributed by atoms with Gasteiger partial charge in [-0.3, -0.25) is 13.9 Å². The van der Waals surface area contributed by atoms with E-state index >= 15 is 0 Å². The molecule has 0 unspecified atom stereocenters. The summed E-state index contributed by atoms with van der Waals surface area (Å²) in [6.45, 7) is 6.73. The molecule has 0 saturated carbocycles. The number of nitrogens with zero attached hydrogens (tertiary/aromatic N) is 2. The van der Waals surface area contributed by atoms with Crippen molar-refractivity contribution in [3.05, 3.63) is 100 Å². The average molecular weight is 598 g/mol. The lowest BCUT2D eigenvalue weighted by Crippen LogP contribution is -2.50. The summed E-state index contributed by atoms with van der Waals surface area (Å²) in [7, 11) is -3.57. The van der Waals surface area contributed by atoms with Gasteiger partial charge in [0.2, 0.25) is 21.8 Å². The number of benzene rings is 3. The number of hydrogen-bond acceptors (Lipinski definition) is 4. The highest BCUT2D eigenvalue weighted by Crippen LogP contribution is 2.23. The van der Waals surface area contributed by atoms with Crippen LogP contribution in [0.4, 0.5) is 5.69 Å². The molecule has 3 aromatic carbocycles. The molecule has 0 aliphatic rings. The van der Waals surface area contributed by atoms with Gasteiger partial charge in [-0.1, -0.05) is 67.1 Å². The highest BCUT2D eigenvalue weighted by atomic mass is 35.5. The molecule has 7 nitrogen and oxygen atoms in total. The van der Waals surface area contributed by atoms with Crippen LogP contribution in [0.15, 0.2) is 72.8 Å². The quantitative estimate of drug-likeness (QED) is 0.259. The summed E-state index contributed by atoms with van der Waals surface area (Å²) in [4.78, 5) is 28.9. The number of rotatable bonds is 14. The third-order valence-electron chi connectivity index (χ3n) is 6.99. The van der Waals surface area contributed by atoms with Crippen LogP contribution in [0.1, 0.15) is 48.4 Å². The minimum atomic E-state index is -3.57. The molecule has 220 valence electrons. The largest absolute Gasteiger partial charge is 0.354 e. The number of hydrogen-bond donors (Lipinski definition) is 1. The number of amides is 2. The van der Waals surface area contributed by atoms with Gasteiger partial charge in [0.15, 0.2) is 0 Å². The summed E-state index contributed by atoms with van der Waals surface area (Å²) < 4.78 is 26.7. The first-order chi connectivity index (χ1) is 19.5. The van der Waals surface area contributed by atoms with Gasteiger partial charge in [-0.25, -0.2) is 8.42 Å². The maximum absolute atomic E-state index is 13.9. The van der Waals surface area contributed by atoms with E-state index in [0.717, 1.165) is 28.7 Å². The highest BCUT2D eigenvalue weighted by Gasteiger charge is 2.30. The fourth-order valence-corrected chi connectivity index (χ4v) is 5.81. The van der Waals surface area contributed by atoms with Crippen molar-refractivity contribution in [1.29, 1.82) is 0 Å². The van der Waals surface area contributed by atoms with Crippen molar-refractivity contribution in [3.8, 4) is 0 Å². The van der Waals surface area contributed by atoms with Crippen molar-refractivity contribution >= 4 is 39.1 Å². The van der Waals surface area contributed by atoms with Crippen LogP contribution in [0.2, 0.25) is 5.02 Å². The van der Waals surface area contributed by atoms with E-state index in [1.807, 2.05) is 75.4 Å². The molecule has 41 heavy (non-hydrogen) atoms. The fraction of sp³-hybridized carbons (Fsp3) is 0.375. The predicted molar refractivity (Wildman–Crippen MR) is 167 cm³/mol. The molecule has 0 aliphatic heterocycles. The second-order valence-electron chi connectivity index (χ2n) is 10.4. The van der Waals surface area contributed by atoms with Crippen molar-refractivity contribution in [1.82, 2.24) is 10.2 Å². The van der Waals surface area contributed by atoms with Gasteiger partial charge in [-0.15, -0.1) is 0 Å². The van der Waals surface area contributed by atoms with E-state index in [2.05, 4.69) is 5.32 Å². The Labute approximate surface area is 249 Å². The molecule has 1 N–H and O–H groups in total. The summed E-state index contributed by atoms with van der Waals surface area (Å²) >= 11 is 6.24. The number of carbonyl (C=O) groups excluding carboxylic acids is 2. The molecule has 0 aliphatic carbocycles. The topological polar surface area (TPSA) is 86.8 Å². The van der Waals surface area contributed by atoms with Gasteiger partial charge in [0, 0.05) is 37.5 Å². The zero-order chi connectivity index (χ0) is 30.0. The second-order valence-corrected chi connectivity index (χ2v) is 12.7. The summed E-state index contributed by atoms with van der Waals surface area (Å²) in [5.41, 5.74) is 4.37. The molecular weight excluding hydrogens is 558 g/mol. The zero-order valence-corrected chi connectivity index (χ0v) is 25.8. The van der Waals surface area contributed by atoms with Crippen molar-refractivity contribution < 1.29 is 18.0 Å². The molecule has 0 spiro atoms. The Morgan fingerprint density at radius 3 is 2.27 bits per heavy atom. The predicted octanol–water partition coefficient (Wildman–Crippen LogP) is 5.67. The lowest BCUT2D eigenvalue weighted by molar-refractivity contribution is -0.141. The van der Waals surface area contributed by atoms with Crippen LogP contribution in [0.5, 0.6) is 0 Å². The Bertz CT molecular complexity index is 1430. The Morgan fingerprint density at radius 1 is 0.927 bits per heavy atom. The molecule has 0 radical (unpaired) electrons. The Hall–Kier alpha value is -3.36. The van der Waals surface area contributed by atoms with E-state index in [1.165, 1.54) is 10.6 Å². The molecule has 2 amide bonds. The second kappa shape index (κ2) is 15.0. The summed E-state index contributed by atoms with van der Waals surface area (Å²) in [6.07, 6.45) is 2.65.